The number of aromatic nitrogens is 3. The fourth-order valence-corrected chi connectivity index (χ4v) is 5.02. The Morgan fingerprint density at radius 3 is 2.47 bits per heavy atom. The van der Waals surface area contributed by atoms with Crippen molar-refractivity contribution in [2.24, 2.45) is 0 Å². The van der Waals surface area contributed by atoms with Crippen LogP contribution in [-0.4, -0.2) is 75.7 Å². The maximum absolute atomic E-state index is 12.6. The van der Waals surface area contributed by atoms with E-state index in [0.717, 1.165) is 79.7 Å². The van der Waals surface area contributed by atoms with Crippen molar-refractivity contribution in [3.8, 4) is 0 Å². The highest BCUT2D eigenvalue weighted by Crippen LogP contribution is 2.28. The average Bonchev–Trinajstić information content (AvgIpc) is 3.48. The Morgan fingerprint density at radius 2 is 1.69 bits per heavy atom. The minimum absolute atomic E-state index is 0.173. The topological polar surface area (TPSA) is 63.5 Å². The van der Waals surface area contributed by atoms with E-state index in [0.29, 0.717) is 6.61 Å². The Labute approximate surface area is 186 Å². The fraction of sp³-hybridized carbons (Fsp3) is 0.400. The highest BCUT2D eigenvalue weighted by Gasteiger charge is 2.30. The van der Waals surface area contributed by atoms with Gasteiger partial charge in [-0.05, 0) is 31.0 Å². The second-order valence-corrected chi connectivity index (χ2v) is 8.72. The van der Waals surface area contributed by atoms with E-state index in [2.05, 4.69) is 33.7 Å². The van der Waals surface area contributed by atoms with Crippen LogP contribution in [0.3, 0.4) is 0 Å². The molecule has 0 bridgehead atoms. The van der Waals surface area contributed by atoms with E-state index in [1.165, 1.54) is 5.52 Å². The zero-order chi connectivity index (χ0) is 21.5. The monoisotopic (exact) mass is 429 g/mol. The number of carbonyl (C=O) groups excluding carboxylic acids is 1. The second kappa shape index (κ2) is 8.15. The Morgan fingerprint density at radius 1 is 0.938 bits per heavy atom. The van der Waals surface area contributed by atoms with Crippen molar-refractivity contribution >= 4 is 39.0 Å². The number of carbonyl (C=O) groups is 1. The van der Waals surface area contributed by atoms with Gasteiger partial charge in [0.25, 0.3) is 5.91 Å². The molecular formula is C25H27N5O2. The zero-order valence-corrected chi connectivity index (χ0v) is 18.1. The molecule has 0 radical (unpaired) electrons. The molecule has 2 fully saturated rings. The first-order valence-corrected chi connectivity index (χ1v) is 11.5. The van der Waals surface area contributed by atoms with Crippen LogP contribution in [0.4, 0.5) is 0 Å². The zero-order valence-electron chi connectivity index (χ0n) is 18.1. The highest BCUT2D eigenvalue weighted by molar-refractivity contribution is 6.06. The Balaban J connectivity index is 1.22. The molecule has 4 heterocycles. The van der Waals surface area contributed by atoms with Crippen LogP contribution in [0, 0.1) is 0 Å². The third kappa shape index (κ3) is 3.42. The van der Waals surface area contributed by atoms with Gasteiger partial charge in [-0.1, -0.05) is 30.3 Å². The van der Waals surface area contributed by atoms with E-state index in [9.17, 15) is 4.79 Å². The van der Waals surface area contributed by atoms with Crippen molar-refractivity contribution in [2.45, 2.75) is 25.5 Å². The minimum atomic E-state index is -0.215. The van der Waals surface area contributed by atoms with Crippen molar-refractivity contribution in [1.29, 1.82) is 0 Å². The average molecular weight is 430 g/mol. The largest absolute Gasteiger partial charge is 0.368 e. The minimum Gasteiger partial charge on any atom is -0.368 e. The summed E-state index contributed by atoms with van der Waals surface area (Å²) < 4.78 is 7.88. The summed E-state index contributed by atoms with van der Waals surface area (Å²) in [6, 6.07) is 16.5. The first-order chi connectivity index (χ1) is 15.8. The van der Waals surface area contributed by atoms with Gasteiger partial charge < -0.3 is 14.2 Å². The summed E-state index contributed by atoms with van der Waals surface area (Å²) in [5.74, 6) is 0.173. The SMILES string of the molecule is O=C([C@H]1CCCO1)N1CCN(CCn2c3ccccc3c3nc4ccccc4nc32)CC1. The molecule has 0 aliphatic carbocycles. The van der Waals surface area contributed by atoms with Crippen molar-refractivity contribution in [3.63, 3.8) is 0 Å². The lowest BCUT2D eigenvalue weighted by Crippen LogP contribution is -2.51. The van der Waals surface area contributed by atoms with Crippen LogP contribution in [0.25, 0.3) is 33.1 Å². The van der Waals surface area contributed by atoms with Gasteiger partial charge in [0.1, 0.15) is 11.6 Å². The lowest BCUT2D eigenvalue weighted by atomic mass is 10.2. The predicted molar refractivity (Wildman–Crippen MR) is 125 cm³/mol. The summed E-state index contributed by atoms with van der Waals surface area (Å²) in [5.41, 5.74) is 4.92. The molecule has 1 amide bonds. The van der Waals surface area contributed by atoms with Gasteiger partial charge in [0, 0.05) is 51.3 Å². The lowest BCUT2D eigenvalue weighted by molar-refractivity contribution is -0.142. The second-order valence-electron chi connectivity index (χ2n) is 8.72. The van der Waals surface area contributed by atoms with Gasteiger partial charge in [-0.25, -0.2) is 9.97 Å². The highest BCUT2D eigenvalue weighted by atomic mass is 16.5. The summed E-state index contributed by atoms with van der Waals surface area (Å²) in [6.45, 7) is 5.81. The maximum Gasteiger partial charge on any atom is 0.251 e. The van der Waals surface area contributed by atoms with Gasteiger partial charge in [-0.3, -0.25) is 9.69 Å². The molecule has 32 heavy (non-hydrogen) atoms. The van der Waals surface area contributed by atoms with Gasteiger partial charge in [0.15, 0.2) is 5.65 Å². The molecule has 6 rings (SSSR count). The molecule has 0 N–H and O–H groups in total. The van der Waals surface area contributed by atoms with Crippen LogP contribution in [-0.2, 0) is 16.1 Å². The van der Waals surface area contributed by atoms with E-state index >= 15 is 0 Å². The van der Waals surface area contributed by atoms with Crippen LogP contribution in [0.15, 0.2) is 48.5 Å². The Bertz CT molecular complexity index is 1290. The predicted octanol–water partition coefficient (Wildman–Crippen LogP) is 3.06. The van der Waals surface area contributed by atoms with Gasteiger partial charge in [-0.15, -0.1) is 0 Å². The van der Waals surface area contributed by atoms with Gasteiger partial charge in [0.2, 0.25) is 0 Å². The molecule has 0 saturated carbocycles. The summed E-state index contributed by atoms with van der Waals surface area (Å²) >= 11 is 0. The van der Waals surface area contributed by atoms with Gasteiger partial charge in [-0.2, -0.15) is 0 Å². The first kappa shape index (κ1) is 19.6. The lowest BCUT2D eigenvalue weighted by Gasteiger charge is -2.35. The van der Waals surface area contributed by atoms with Crippen molar-refractivity contribution < 1.29 is 9.53 Å². The molecular weight excluding hydrogens is 402 g/mol. The standard InChI is InChI=1S/C25H27N5O2/c31-25(22-10-5-17-32-22)29-14-11-28(12-15-29)13-16-30-21-9-4-1-6-18(21)23-24(30)27-20-8-3-2-7-19(20)26-23/h1-4,6-9,22H,5,10-17H2/t22-/m1/s1. The van der Waals surface area contributed by atoms with Gasteiger partial charge in [0.05, 0.1) is 16.6 Å². The third-order valence-electron chi connectivity index (χ3n) is 6.79. The number of nitrogens with zero attached hydrogens (tertiary/aromatic N) is 5. The molecule has 2 aromatic heterocycles. The van der Waals surface area contributed by atoms with Crippen LogP contribution in [0.1, 0.15) is 12.8 Å². The number of fused-ring (bicyclic) bond motifs is 4. The van der Waals surface area contributed by atoms with E-state index in [-0.39, 0.29) is 12.0 Å². The Kier molecular flexibility index (Phi) is 5.00. The van der Waals surface area contributed by atoms with Crippen molar-refractivity contribution in [3.05, 3.63) is 48.5 Å². The maximum atomic E-state index is 12.6. The van der Waals surface area contributed by atoms with Crippen molar-refractivity contribution in [1.82, 2.24) is 24.3 Å². The summed E-state index contributed by atoms with van der Waals surface area (Å²) in [6.07, 6.45) is 1.64. The van der Waals surface area contributed by atoms with Crippen molar-refractivity contribution in [2.75, 3.05) is 39.3 Å². The van der Waals surface area contributed by atoms with Crippen LogP contribution in [0.2, 0.25) is 0 Å². The number of hydrogen-bond donors (Lipinski definition) is 0. The van der Waals surface area contributed by atoms with E-state index in [1.54, 1.807) is 0 Å². The number of benzene rings is 2. The van der Waals surface area contributed by atoms with E-state index in [1.807, 2.05) is 29.2 Å². The first-order valence-electron chi connectivity index (χ1n) is 11.5. The number of amides is 1. The molecule has 2 aromatic carbocycles. The Hall–Kier alpha value is -3.03. The van der Waals surface area contributed by atoms with Crippen LogP contribution >= 0.6 is 0 Å². The molecule has 1 atom stereocenters. The third-order valence-corrected chi connectivity index (χ3v) is 6.79. The normalized spacial score (nSPS) is 20.0. The van der Waals surface area contributed by atoms with Crippen LogP contribution < -0.4 is 0 Å². The van der Waals surface area contributed by atoms with E-state index in [4.69, 9.17) is 14.7 Å². The van der Waals surface area contributed by atoms with E-state index < -0.39 is 0 Å². The molecule has 4 aromatic rings. The molecule has 2 aliphatic heterocycles. The molecule has 0 spiro atoms. The number of rotatable bonds is 4. The fourth-order valence-electron chi connectivity index (χ4n) is 5.02. The quantitative estimate of drug-likeness (QED) is 0.499. The molecule has 0 unspecified atom stereocenters. The number of hydrogen-bond acceptors (Lipinski definition) is 5. The summed E-state index contributed by atoms with van der Waals surface area (Å²) in [5, 5.41) is 1.15. The molecule has 7 heteroatoms. The summed E-state index contributed by atoms with van der Waals surface area (Å²) in [7, 11) is 0. The number of para-hydroxylation sites is 3. The molecule has 164 valence electrons. The molecule has 2 saturated heterocycles. The van der Waals surface area contributed by atoms with Crippen LogP contribution in [0.5, 0.6) is 0 Å². The molecule has 2 aliphatic rings. The van der Waals surface area contributed by atoms with Gasteiger partial charge >= 0.3 is 0 Å². The molecule has 7 nitrogen and oxygen atoms in total. The number of piperazine rings is 1. The number of ether oxygens (including phenoxy) is 1. The smallest absolute Gasteiger partial charge is 0.251 e. The summed E-state index contributed by atoms with van der Waals surface area (Å²) in [4.78, 5) is 26.9.